The topological polar surface area (TPSA) is 37.3 Å². The number of carboxylic acid groups (broad SMARTS) is 1. The first-order chi connectivity index (χ1) is 5.74. The lowest BCUT2D eigenvalue weighted by atomic mass is 9.98. The number of carbonyl (C=O) groups is 1. The highest BCUT2D eigenvalue weighted by Gasteiger charge is 2.18. The molecule has 0 aromatic carbocycles. The molecule has 0 bridgehead atoms. The third-order valence-electron chi connectivity index (χ3n) is 2.61. The second kappa shape index (κ2) is 4.29. The molecule has 1 saturated carbocycles. The molecule has 68 valence electrons. The van der Waals surface area contributed by atoms with Crippen LogP contribution >= 0.6 is 0 Å². The first-order valence-corrected chi connectivity index (χ1v) is 4.62. The van der Waals surface area contributed by atoms with E-state index in [4.69, 9.17) is 5.11 Å². The summed E-state index contributed by atoms with van der Waals surface area (Å²) in [5.74, 6) is -0.114. The van der Waals surface area contributed by atoms with Crippen LogP contribution in [-0.4, -0.2) is 11.1 Å². The van der Waals surface area contributed by atoms with Crippen molar-refractivity contribution in [1.29, 1.82) is 0 Å². The third-order valence-corrected chi connectivity index (χ3v) is 2.61. The molecule has 0 aromatic rings. The molecule has 0 aromatic heterocycles. The van der Waals surface area contributed by atoms with Crippen LogP contribution in [0.25, 0.3) is 0 Å². The maximum absolute atomic E-state index is 10.6. The maximum atomic E-state index is 10.6. The summed E-state index contributed by atoms with van der Waals surface area (Å²) in [6.45, 7) is 1.80. The van der Waals surface area contributed by atoms with Gasteiger partial charge in [-0.05, 0) is 19.3 Å². The van der Waals surface area contributed by atoms with Gasteiger partial charge < -0.3 is 5.11 Å². The van der Waals surface area contributed by atoms with Crippen molar-refractivity contribution in [3.63, 3.8) is 0 Å². The van der Waals surface area contributed by atoms with E-state index in [9.17, 15) is 4.79 Å². The van der Waals surface area contributed by atoms with Gasteiger partial charge in [-0.15, -0.1) is 0 Å². The Morgan fingerprint density at radius 3 is 2.50 bits per heavy atom. The Bertz CT molecular complexity index is 188. The number of rotatable bonds is 3. The summed E-state index contributed by atoms with van der Waals surface area (Å²) in [7, 11) is 0. The van der Waals surface area contributed by atoms with Gasteiger partial charge in [0.1, 0.15) is 0 Å². The van der Waals surface area contributed by atoms with Gasteiger partial charge in [0.2, 0.25) is 0 Å². The van der Waals surface area contributed by atoms with Crippen LogP contribution in [-0.2, 0) is 4.79 Å². The molecule has 1 rings (SSSR count). The van der Waals surface area contributed by atoms with Crippen molar-refractivity contribution in [3.05, 3.63) is 11.6 Å². The zero-order valence-electron chi connectivity index (χ0n) is 7.55. The average molecular weight is 168 g/mol. The molecule has 1 aliphatic rings. The summed E-state index contributed by atoms with van der Waals surface area (Å²) in [6.07, 6.45) is 7.48. The van der Waals surface area contributed by atoms with E-state index in [0.717, 1.165) is 6.42 Å². The van der Waals surface area contributed by atoms with Crippen LogP contribution in [0.15, 0.2) is 11.6 Å². The molecule has 0 radical (unpaired) electrons. The molecule has 1 N–H and O–H groups in total. The van der Waals surface area contributed by atoms with Gasteiger partial charge in [-0.1, -0.05) is 31.8 Å². The summed E-state index contributed by atoms with van der Waals surface area (Å²) in [4.78, 5) is 10.6. The minimum Gasteiger partial charge on any atom is -0.478 e. The van der Waals surface area contributed by atoms with Gasteiger partial charge in [0, 0.05) is 5.57 Å². The molecule has 1 fully saturated rings. The second-order valence-electron chi connectivity index (χ2n) is 3.47. The SMILES string of the molecule is CC=C(CC1CCCC1)C(=O)O. The second-order valence-corrected chi connectivity index (χ2v) is 3.47. The van der Waals surface area contributed by atoms with Crippen LogP contribution in [0.2, 0.25) is 0 Å². The Hall–Kier alpha value is -0.790. The van der Waals surface area contributed by atoms with E-state index in [0.29, 0.717) is 11.5 Å². The zero-order valence-corrected chi connectivity index (χ0v) is 7.55. The smallest absolute Gasteiger partial charge is 0.331 e. The summed E-state index contributed by atoms with van der Waals surface area (Å²) in [6, 6.07) is 0. The highest BCUT2D eigenvalue weighted by Crippen LogP contribution is 2.30. The van der Waals surface area contributed by atoms with E-state index in [1.54, 1.807) is 13.0 Å². The lowest BCUT2D eigenvalue weighted by molar-refractivity contribution is -0.132. The Balaban J connectivity index is 2.42. The number of aliphatic carboxylic acids is 1. The van der Waals surface area contributed by atoms with Crippen molar-refractivity contribution >= 4 is 5.97 Å². The van der Waals surface area contributed by atoms with Crippen molar-refractivity contribution in [2.24, 2.45) is 5.92 Å². The van der Waals surface area contributed by atoms with Crippen LogP contribution in [0.5, 0.6) is 0 Å². The fourth-order valence-corrected chi connectivity index (χ4v) is 1.85. The molecular weight excluding hydrogens is 152 g/mol. The average Bonchev–Trinajstić information content (AvgIpc) is 2.51. The van der Waals surface area contributed by atoms with E-state index in [1.807, 2.05) is 0 Å². The summed E-state index contributed by atoms with van der Waals surface area (Å²) >= 11 is 0. The van der Waals surface area contributed by atoms with Crippen LogP contribution in [0.1, 0.15) is 39.0 Å². The summed E-state index contributed by atoms with van der Waals surface area (Å²) < 4.78 is 0. The summed E-state index contributed by atoms with van der Waals surface area (Å²) in [5, 5.41) is 8.77. The lowest BCUT2D eigenvalue weighted by Gasteiger charge is -2.08. The molecule has 0 unspecified atom stereocenters. The van der Waals surface area contributed by atoms with Gasteiger partial charge in [0.25, 0.3) is 0 Å². The Morgan fingerprint density at radius 1 is 1.50 bits per heavy atom. The van der Waals surface area contributed by atoms with Gasteiger partial charge in [0.15, 0.2) is 0 Å². The van der Waals surface area contributed by atoms with E-state index in [-0.39, 0.29) is 0 Å². The Labute approximate surface area is 73.3 Å². The van der Waals surface area contributed by atoms with Crippen molar-refractivity contribution in [3.8, 4) is 0 Å². The van der Waals surface area contributed by atoms with Crippen molar-refractivity contribution in [1.82, 2.24) is 0 Å². The van der Waals surface area contributed by atoms with Gasteiger partial charge in [-0.3, -0.25) is 0 Å². The molecule has 2 heteroatoms. The van der Waals surface area contributed by atoms with Crippen LogP contribution in [0.4, 0.5) is 0 Å². The number of hydrogen-bond acceptors (Lipinski definition) is 1. The van der Waals surface area contributed by atoms with Crippen molar-refractivity contribution < 1.29 is 9.90 Å². The van der Waals surface area contributed by atoms with E-state index in [1.165, 1.54) is 25.7 Å². The third kappa shape index (κ3) is 2.36. The quantitative estimate of drug-likeness (QED) is 0.658. The highest BCUT2D eigenvalue weighted by molar-refractivity contribution is 5.86. The van der Waals surface area contributed by atoms with Gasteiger partial charge in [-0.2, -0.15) is 0 Å². The lowest BCUT2D eigenvalue weighted by Crippen LogP contribution is -2.05. The molecule has 2 nitrogen and oxygen atoms in total. The highest BCUT2D eigenvalue weighted by atomic mass is 16.4. The normalized spacial score (nSPS) is 19.9. The molecule has 0 amide bonds. The van der Waals surface area contributed by atoms with Crippen LogP contribution < -0.4 is 0 Å². The predicted molar refractivity (Wildman–Crippen MR) is 48.0 cm³/mol. The molecule has 0 heterocycles. The van der Waals surface area contributed by atoms with Gasteiger partial charge >= 0.3 is 5.97 Å². The number of hydrogen-bond donors (Lipinski definition) is 1. The van der Waals surface area contributed by atoms with E-state index >= 15 is 0 Å². The Kier molecular flexibility index (Phi) is 3.32. The van der Waals surface area contributed by atoms with Gasteiger partial charge in [-0.25, -0.2) is 4.79 Å². The van der Waals surface area contributed by atoms with E-state index in [2.05, 4.69) is 0 Å². The molecule has 0 saturated heterocycles. The number of carboxylic acids is 1. The van der Waals surface area contributed by atoms with Crippen molar-refractivity contribution in [2.45, 2.75) is 39.0 Å². The standard InChI is InChI=1S/C10H16O2/c1-2-9(10(11)12)7-8-5-3-4-6-8/h2,8H,3-7H2,1H3,(H,11,12). The Morgan fingerprint density at radius 2 is 2.08 bits per heavy atom. The summed E-state index contributed by atoms with van der Waals surface area (Å²) in [5.41, 5.74) is 0.585. The largest absolute Gasteiger partial charge is 0.478 e. The first kappa shape index (κ1) is 9.30. The first-order valence-electron chi connectivity index (χ1n) is 4.62. The molecule has 1 aliphatic carbocycles. The van der Waals surface area contributed by atoms with Gasteiger partial charge in [0.05, 0.1) is 0 Å². The fourth-order valence-electron chi connectivity index (χ4n) is 1.85. The molecular formula is C10H16O2. The number of allylic oxidation sites excluding steroid dienone is 1. The van der Waals surface area contributed by atoms with Crippen LogP contribution in [0, 0.1) is 5.92 Å². The fraction of sp³-hybridized carbons (Fsp3) is 0.700. The van der Waals surface area contributed by atoms with Crippen molar-refractivity contribution in [2.75, 3.05) is 0 Å². The monoisotopic (exact) mass is 168 g/mol. The van der Waals surface area contributed by atoms with E-state index < -0.39 is 5.97 Å². The maximum Gasteiger partial charge on any atom is 0.331 e. The molecule has 0 spiro atoms. The molecule has 0 atom stereocenters. The molecule has 0 aliphatic heterocycles. The minimum atomic E-state index is -0.746. The zero-order chi connectivity index (χ0) is 8.97. The van der Waals surface area contributed by atoms with Crippen LogP contribution in [0.3, 0.4) is 0 Å². The minimum absolute atomic E-state index is 0.585. The molecule has 12 heavy (non-hydrogen) atoms. The predicted octanol–water partition coefficient (Wildman–Crippen LogP) is 2.60.